The number of benzene rings is 1. The Labute approximate surface area is 355 Å². The van der Waals surface area contributed by atoms with E-state index in [0.717, 1.165) is 17.7 Å². The lowest BCUT2D eigenvalue weighted by atomic mass is 9.71. The normalized spacial score (nSPS) is 33.1. The molecule has 20 heteroatoms. The largest absolute Gasteiger partial charge is 0.471 e. The zero-order chi connectivity index (χ0) is 44.7. The van der Waals surface area contributed by atoms with Crippen molar-refractivity contribution in [2.24, 2.45) is 29.1 Å². The van der Waals surface area contributed by atoms with Gasteiger partial charge in [-0.15, -0.1) is 0 Å². The van der Waals surface area contributed by atoms with Gasteiger partial charge in [-0.25, -0.2) is 32.0 Å². The molecule has 0 unspecified atom stereocenters. The number of halogens is 4. The van der Waals surface area contributed by atoms with Crippen LogP contribution in [0.4, 0.5) is 22.4 Å². The maximum Gasteiger partial charge on any atom is 0.408 e. The van der Waals surface area contributed by atoms with Crippen molar-refractivity contribution in [3.05, 3.63) is 41.6 Å². The van der Waals surface area contributed by atoms with Gasteiger partial charge < -0.3 is 25.0 Å². The third kappa shape index (κ3) is 7.93. The van der Waals surface area contributed by atoms with E-state index >= 15 is 8.78 Å². The first kappa shape index (κ1) is 43.6. The number of nitriles is 1. The van der Waals surface area contributed by atoms with Crippen molar-refractivity contribution in [2.45, 2.75) is 132 Å². The number of hydrogen-bond acceptors (Lipinski definition) is 11. The number of carbonyl (C=O) groups excluding carboxylic acids is 4. The SMILES string of the molecule is CC(C)(C)[C@@H]1NC(=O)O[C@@H]2C[C@@H]3CC[C@@H]3[C@H]2CC/C=C/C(F)(F)c2nc3ccc(C#N)cc3nc2O[C@@H]2C[C@@H](C(=O)N[C@]3(C(=O)NS(=O)(=O)C4(C)CC4)C[C@H]3C(F)F)N(C2)C1=O. The van der Waals surface area contributed by atoms with Gasteiger partial charge in [-0.1, -0.05) is 26.8 Å². The summed E-state index contributed by atoms with van der Waals surface area (Å²) >= 11 is 0. The van der Waals surface area contributed by atoms with Gasteiger partial charge in [-0.05, 0) is 106 Å². The van der Waals surface area contributed by atoms with Gasteiger partial charge in [-0.2, -0.15) is 14.0 Å². The highest BCUT2D eigenvalue weighted by atomic mass is 32.2. The van der Waals surface area contributed by atoms with Crippen LogP contribution in [0, 0.1) is 40.4 Å². The Morgan fingerprint density at radius 1 is 1.05 bits per heavy atom. The van der Waals surface area contributed by atoms with Gasteiger partial charge in [0.25, 0.3) is 5.91 Å². The number of aromatic nitrogens is 2. The third-order valence-corrected chi connectivity index (χ3v) is 15.9. The molecule has 0 radical (unpaired) electrons. The van der Waals surface area contributed by atoms with Crippen molar-refractivity contribution in [2.75, 3.05) is 6.54 Å². The van der Waals surface area contributed by atoms with Gasteiger partial charge in [0.15, 0.2) is 5.69 Å². The zero-order valence-corrected chi connectivity index (χ0v) is 35.4. The summed E-state index contributed by atoms with van der Waals surface area (Å²) in [6.07, 6.45) is -1.36. The Bertz CT molecular complexity index is 2380. The van der Waals surface area contributed by atoms with Crippen molar-refractivity contribution in [1.82, 2.24) is 30.2 Å². The van der Waals surface area contributed by atoms with Crippen LogP contribution >= 0.6 is 0 Å². The maximum atomic E-state index is 16.4. The molecule has 4 amide bonds. The van der Waals surface area contributed by atoms with Gasteiger partial charge in [0.1, 0.15) is 29.8 Å². The molecule has 2 aliphatic heterocycles. The topological polar surface area (TPSA) is 210 Å². The second-order valence-corrected chi connectivity index (χ2v) is 21.3. The lowest BCUT2D eigenvalue weighted by Crippen LogP contribution is -2.60. The van der Waals surface area contributed by atoms with Crippen LogP contribution in [0.1, 0.15) is 96.7 Å². The highest BCUT2D eigenvalue weighted by Crippen LogP contribution is 2.53. The monoisotopic (exact) mass is 887 g/mol. The van der Waals surface area contributed by atoms with Gasteiger partial charge in [-0.3, -0.25) is 19.1 Å². The Balaban J connectivity index is 1.18. The third-order valence-electron chi connectivity index (χ3n) is 13.8. The minimum atomic E-state index is -4.32. The van der Waals surface area contributed by atoms with E-state index in [1.54, 1.807) is 20.8 Å². The van der Waals surface area contributed by atoms with Crippen LogP contribution in [0.5, 0.6) is 5.88 Å². The summed E-state index contributed by atoms with van der Waals surface area (Å²) in [4.78, 5) is 66.1. The highest BCUT2D eigenvalue weighted by Gasteiger charge is 2.67. The molecule has 334 valence electrons. The number of ether oxygens (including phenoxy) is 2. The number of rotatable bonds is 6. The van der Waals surface area contributed by atoms with E-state index in [1.165, 1.54) is 31.2 Å². The van der Waals surface area contributed by atoms with Crippen LogP contribution in [0.2, 0.25) is 0 Å². The summed E-state index contributed by atoms with van der Waals surface area (Å²) in [6.45, 7) is 5.91. The van der Waals surface area contributed by atoms with E-state index < -0.39 is 123 Å². The van der Waals surface area contributed by atoms with Gasteiger partial charge in [0.05, 0.1) is 39.9 Å². The fraction of sp³-hybridized carbons (Fsp3) is 0.643. The molecule has 6 aliphatic rings. The zero-order valence-electron chi connectivity index (χ0n) is 34.6. The molecule has 9 atom stereocenters. The molecule has 62 heavy (non-hydrogen) atoms. The number of nitrogens with zero attached hydrogens (tertiary/aromatic N) is 4. The minimum Gasteiger partial charge on any atom is -0.471 e. The van der Waals surface area contributed by atoms with Crippen molar-refractivity contribution in [3.63, 3.8) is 0 Å². The molecular weight excluding hydrogens is 839 g/mol. The summed E-state index contributed by atoms with van der Waals surface area (Å²) in [5.74, 6) is -9.11. The predicted octanol–water partition coefficient (Wildman–Crippen LogP) is 4.99. The minimum absolute atomic E-state index is 0.0343. The Kier molecular flexibility index (Phi) is 10.8. The Morgan fingerprint density at radius 2 is 1.79 bits per heavy atom. The Morgan fingerprint density at radius 3 is 2.42 bits per heavy atom. The summed E-state index contributed by atoms with van der Waals surface area (Å²) in [7, 11) is -4.32. The first-order chi connectivity index (χ1) is 29.1. The van der Waals surface area contributed by atoms with Crippen LogP contribution in [0.15, 0.2) is 30.4 Å². The molecule has 3 heterocycles. The summed E-state index contributed by atoms with van der Waals surface area (Å²) in [5.41, 5.74) is -4.04. The van der Waals surface area contributed by atoms with Crippen LogP contribution in [0.25, 0.3) is 11.0 Å². The number of carbonyl (C=O) groups is 4. The van der Waals surface area contributed by atoms with E-state index in [4.69, 9.17) is 9.47 Å². The number of nitrogens with one attached hydrogen (secondary N) is 3. The van der Waals surface area contributed by atoms with Crippen LogP contribution in [0.3, 0.4) is 0 Å². The van der Waals surface area contributed by atoms with Crippen LogP contribution < -0.4 is 20.1 Å². The number of sulfonamides is 1. The number of amides is 4. The molecule has 2 bridgehead atoms. The molecular formula is C42H49F4N7O8S. The number of hydrogen-bond donors (Lipinski definition) is 3. The summed E-state index contributed by atoms with van der Waals surface area (Å²) < 4.78 is 100. The smallest absolute Gasteiger partial charge is 0.408 e. The lowest BCUT2D eigenvalue weighted by Gasteiger charge is -2.36. The van der Waals surface area contributed by atoms with Crippen molar-refractivity contribution in [1.29, 1.82) is 5.26 Å². The molecule has 4 saturated carbocycles. The molecule has 2 aromatic rings. The van der Waals surface area contributed by atoms with E-state index in [9.17, 15) is 41.6 Å². The fourth-order valence-corrected chi connectivity index (χ4v) is 10.8. The molecule has 15 nitrogen and oxygen atoms in total. The summed E-state index contributed by atoms with van der Waals surface area (Å²) in [5, 5.41) is 14.6. The molecule has 5 fully saturated rings. The van der Waals surface area contributed by atoms with Gasteiger partial charge in [0.2, 0.25) is 34.1 Å². The van der Waals surface area contributed by atoms with E-state index in [1.807, 2.05) is 10.8 Å². The van der Waals surface area contributed by atoms with Gasteiger partial charge in [0, 0.05) is 6.42 Å². The standard InChI is InChI=1S/C42H49F4N7O8S/c1-39(2,3)32-36(55)53-20-23(17-29(53)34(54)51-41(18-26(41)33(43)44)37(56)52-62(58,59)40(4)13-14-40)60-35-31(48-27-11-8-21(19-47)15-28(27)49-35)42(45,46)12-6-5-7-25-24-10-9-22(24)16-30(25)61-38(57)50-32/h6,8,11-12,15,22-26,29-30,32-33H,5,7,9-10,13-14,16-18,20H2,1-4H3,(H,50,57)(H,51,54)(H,52,56)/b12-6+/t22-,23+,24-,25+,26-,29-,30+,32+,41+/m0/s1. The van der Waals surface area contributed by atoms with Gasteiger partial charge >= 0.3 is 12.0 Å². The second-order valence-electron chi connectivity index (χ2n) is 19.1. The first-order valence-electron chi connectivity index (χ1n) is 20.9. The van der Waals surface area contributed by atoms with Crippen LogP contribution in [-0.4, -0.2) is 94.6 Å². The average molecular weight is 888 g/mol. The molecule has 3 N–H and O–H groups in total. The molecule has 1 saturated heterocycles. The van der Waals surface area contributed by atoms with Crippen LogP contribution in [-0.2, 0) is 35.1 Å². The quantitative estimate of drug-likeness (QED) is 0.260. The van der Waals surface area contributed by atoms with Crippen molar-refractivity contribution in [3.8, 4) is 11.9 Å². The second kappa shape index (κ2) is 15.3. The molecule has 0 spiro atoms. The molecule has 8 rings (SSSR count). The lowest BCUT2D eigenvalue weighted by molar-refractivity contribution is -0.143. The fourth-order valence-electron chi connectivity index (χ4n) is 9.52. The van der Waals surface area contributed by atoms with E-state index in [0.29, 0.717) is 24.8 Å². The van der Waals surface area contributed by atoms with E-state index in [-0.39, 0.29) is 47.7 Å². The first-order valence-corrected chi connectivity index (χ1v) is 22.4. The maximum absolute atomic E-state index is 16.4. The number of fused-ring (bicyclic) bond motifs is 7. The summed E-state index contributed by atoms with van der Waals surface area (Å²) in [6, 6.07) is 3.08. The molecule has 1 aromatic carbocycles. The van der Waals surface area contributed by atoms with Crippen molar-refractivity contribution >= 4 is 44.9 Å². The molecule has 1 aromatic heterocycles. The van der Waals surface area contributed by atoms with Crippen molar-refractivity contribution < 1.29 is 54.6 Å². The Hall–Kier alpha value is -5.06. The predicted molar refractivity (Wildman–Crippen MR) is 212 cm³/mol. The number of alkyl halides is 4. The number of allylic oxidation sites excluding steroid dienone is 2. The number of alkyl carbamates (subject to hydrolysis) is 1. The van der Waals surface area contributed by atoms with E-state index in [2.05, 4.69) is 20.6 Å². The highest BCUT2D eigenvalue weighted by molar-refractivity contribution is 7.91. The average Bonchev–Trinajstić information content (AvgIpc) is 4.06. The molecule has 4 aliphatic carbocycles.